The average Bonchev–Trinajstić information content (AvgIpc) is 2.29. The number of hydrogen-bond acceptors (Lipinski definition) is 3. The van der Waals surface area contributed by atoms with Gasteiger partial charge in [0.15, 0.2) is 0 Å². The van der Waals surface area contributed by atoms with Crippen molar-refractivity contribution < 1.29 is 4.74 Å². The summed E-state index contributed by atoms with van der Waals surface area (Å²) in [5, 5.41) is 3.54. The molecule has 0 unspecified atom stereocenters. The van der Waals surface area contributed by atoms with E-state index < -0.39 is 0 Å². The maximum atomic E-state index is 5.82. The summed E-state index contributed by atoms with van der Waals surface area (Å²) in [7, 11) is 1.67. The molecule has 1 aromatic carbocycles. The van der Waals surface area contributed by atoms with Gasteiger partial charge in [-0.05, 0) is 18.9 Å². The lowest BCUT2D eigenvalue weighted by atomic mass is 9.95. The topological polar surface area (TPSA) is 47.3 Å². The molecule has 88 valence electrons. The van der Waals surface area contributed by atoms with Crippen LogP contribution in [0.2, 0.25) is 0 Å². The lowest BCUT2D eigenvalue weighted by Crippen LogP contribution is -2.22. The van der Waals surface area contributed by atoms with Crippen LogP contribution in [-0.2, 0) is 0 Å². The number of benzene rings is 1. The highest BCUT2D eigenvalue weighted by Crippen LogP contribution is 2.26. The second kappa shape index (κ2) is 5.10. The van der Waals surface area contributed by atoms with Crippen LogP contribution in [0.1, 0.15) is 32.1 Å². The van der Waals surface area contributed by atoms with Crippen LogP contribution >= 0.6 is 0 Å². The van der Waals surface area contributed by atoms with Gasteiger partial charge in [-0.2, -0.15) is 0 Å². The molecule has 1 aromatic rings. The van der Waals surface area contributed by atoms with E-state index in [1.807, 2.05) is 18.2 Å². The molecule has 2 rings (SSSR count). The van der Waals surface area contributed by atoms with E-state index in [0.29, 0.717) is 6.04 Å². The molecule has 1 aliphatic rings. The molecule has 1 saturated carbocycles. The Morgan fingerprint density at radius 1 is 1.19 bits per heavy atom. The third kappa shape index (κ3) is 2.81. The molecule has 0 atom stereocenters. The second-order valence-electron chi connectivity index (χ2n) is 4.47. The fourth-order valence-electron chi connectivity index (χ4n) is 2.31. The maximum Gasteiger partial charge on any atom is 0.122 e. The highest BCUT2D eigenvalue weighted by molar-refractivity contribution is 5.59. The van der Waals surface area contributed by atoms with Gasteiger partial charge in [0.25, 0.3) is 0 Å². The Morgan fingerprint density at radius 3 is 2.62 bits per heavy atom. The fraction of sp³-hybridized carbons (Fsp3) is 0.538. The molecular weight excluding hydrogens is 200 g/mol. The van der Waals surface area contributed by atoms with Gasteiger partial charge in [-0.3, -0.25) is 0 Å². The van der Waals surface area contributed by atoms with Crippen molar-refractivity contribution in [3.8, 4) is 5.75 Å². The quantitative estimate of drug-likeness (QED) is 0.770. The minimum atomic E-state index is 0.597. The summed E-state index contributed by atoms with van der Waals surface area (Å²) < 4.78 is 5.20. The van der Waals surface area contributed by atoms with Gasteiger partial charge >= 0.3 is 0 Å². The molecule has 1 aliphatic carbocycles. The highest BCUT2D eigenvalue weighted by atomic mass is 16.5. The van der Waals surface area contributed by atoms with Crippen molar-refractivity contribution in [2.24, 2.45) is 0 Å². The first-order valence-electron chi connectivity index (χ1n) is 5.99. The number of rotatable bonds is 3. The van der Waals surface area contributed by atoms with Crippen LogP contribution in [-0.4, -0.2) is 13.2 Å². The van der Waals surface area contributed by atoms with Crippen molar-refractivity contribution in [2.45, 2.75) is 38.1 Å². The summed E-state index contributed by atoms with van der Waals surface area (Å²) in [4.78, 5) is 0. The predicted molar refractivity (Wildman–Crippen MR) is 67.9 cm³/mol. The van der Waals surface area contributed by atoms with Crippen LogP contribution in [0, 0.1) is 0 Å². The molecule has 0 aliphatic heterocycles. The minimum Gasteiger partial charge on any atom is -0.497 e. The summed E-state index contributed by atoms with van der Waals surface area (Å²) in [6.45, 7) is 0. The first-order chi connectivity index (χ1) is 7.78. The first-order valence-corrected chi connectivity index (χ1v) is 5.99. The smallest absolute Gasteiger partial charge is 0.122 e. The van der Waals surface area contributed by atoms with Crippen LogP contribution in [0.15, 0.2) is 18.2 Å². The number of nitrogen functional groups attached to an aromatic ring is 1. The van der Waals surface area contributed by atoms with Crippen molar-refractivity contribution in [1.82, 2.24) is 0 Å². The Hall–Kier alpha value is -1.38. The summed E-state index contributed by atoms with van der Waals surface area (Å²) >= 11 is 0. The van der Waals surface area contributed by atoms with Crippen LogP contribution < -0.4 is 15.8 Å². The number of nitrogens with two attached hydrogens (primary N) is 1. The van der Waals surface area contributed by atoms with Crippen molar-refractivity contribution in [3.05, 3.63) is 18.2 Å². The monoisotopic (exact) mass is 220 g/mol. The molecule has 0 bridgehead atoms. The van der Waals surface area contributed by atoms with Gasteiger partial charge < -0.3 is 15.8 Å². The summed E-state index contributed by atoms with van der Waals surface area (Å²) in [6.07, 6.45) is 6.56. The molecule has 16 heavy (non-hydrogen) atoms. The van der Waals surface area contributed by atoms with Crippen molar-refractivity contribution in [1.29, 1.82) is 0 Å². The van der Waals surface area contributed by atoms with Gasteiger partial charge in [-0.25, -0.2) is 0 Å². The fourth-order valence-corrected chi connectivity index (χ4v) is 2.31. The third-order valence-electron chi connectivity index (χ3n) is 3.14. The number of methoxy groups -OCH3 is 1. The molecule has 3 nitrogen and oxygen atoms in total. The third-order valence-corrected chi connectivity index (χ3v) is 3.14. The van der Waals surface area contributed by atoms with Gasteiger partial charge in [0.2, 0.25) is 0 Å². The van der Waals surface area contributed by atoms with Crippen molar-refractivity contribution in [2.75, 3.05) is 18.2 Å². The molecule has 0 spiro atoms. The van der Waals surface area contributed by atoms with Crippen LogP contribution in [0.4, 0.5) is 11.4 Å². The van der Waals surface area contributed by atoms with E-state index in [1.165, 1.54) is 32.1 Å². The lowest BCUT2D eigenvalue weighted by Gasteiger charge is -2.24. The van der Waals surface area contributed by atoms with Crippen LogP contribution in [0.25, 0.3) is 0 Å². The molecule has 0 heterocycles. The Bertz CT molecular complexity index is 346. The number of nitrogens with one attached hydrogen (secondary N) is 1. The van der Waals surface area contributed by atoms with Gasteiger partial charge in [0.1, 0.15) is 5.75 Å². The van der Waals surface area contributed by atoms with E-state index in [1.54, 1.807) is 7.11 Å². The Balaban J connectivity index is 2.04. The summed E-state index contributed by atoms with van der Waals surface area (Å²) in [5.41, 5.74) is 7.64. The van der Waals surface area contributed by atoms with E-state index >= 15 is 0 Å². The van der Waals surface area contributed by atoms with Gasteiger partial charge in [0.05, 0.1) is 7.11 Å². The largest absolute Gasteiger partial charge is 0.497 e. The standard InChI is InChI=1S/C13H20N2O/c1-16-13-8-10(14)7-12(9-13)15-11-5-3-2-4-6-11/h7-9,11,15H,2-6,14H2,1H3. The van der Waals surface area contributed by atoms with E-state index in [4.69, 9.17) is 10.5 Å². The Labute approximate surface area is 97.0 Å². The van der Waals surface area contributed by atoms with Crippen LogP contribution in [0.5, 0.6) is 5.75 Å². The van der Waals surface area contributed by atoms with Gasteiger partial charge in [0, 0.05) is 29.5 Å². The molecule has 0 radical (unpaired) electrons. The summed E-state index contributed by atoms with van der Waals surface area (Å²) in [6, 6.07) is 6.41. The average molecular weight is 220 g/mol. The van der Waals surface area contributed by atoms with Crippen LogP contribution in [0.3, 0.4) is 0 Å². The highest BCUT2D eigenvalue weighted by Gasteiger charge is 2.13. The van der Waals surface area contributed by atoms with Crippen molar-refractivity contribution >= 4 is 11.4 Å². The minimum absolute atomic E-state index is 0.597. The van der Waals surface area contributed by atoms with Gasteiger partial charge in [-0.15, -0.1) is 0 Å². The molecular formula is C13H20N2O. The molecule has 0 amide bonds. The number of ether oxygens (including phenoxy) is 1. The Morgan fingerprint density at radius 2 is 1.94 bits per heavy atom. The second-order valence-corrected chi connectivity index (χ2v) is 4.47. The Kier molecular flexibility index (Phi) is 3.54. The van der Waals surface area contributed by atoms with Crippen molar-refractivity contribution in [3.63, 3.8) is 0 Å². The van der Waals surface area contributed by atoms with E-state index in [-0.39, 0.29) is 0 Å². The molecule has 1 fully saturated rings. The molecule has 3 N–H and O–H groups in total. The van der Waals surface area contributed by atoms with E-state index in [0.717, 1.165) is 17.1 Å². The zero-order chi connectivity index (χ0) is 11.4. The summed E-state index contributed by atoms with van der Waals surface area (Å²) in [5.74, 6) is 0.818. The zero-order valence-electron chi connectivity index (χ0n) is 9.83. The maximum absolute atomic E-state index is 5.82. The van der Waals surface area contributed by atoms with Gasteiger partial charge in [-0.1, -0.05) is 19.3 Å². The SMILES string of the molecule is COc1cc(N)cc(NC2CCCCC2)c1. The normalized spacial score (nSPS) is 17.1. The first kappa shape index (κ1) is 11.1. The number of anilines is 2. The van der Waals surface area contributed by atoms with E-state index in [2.05, 4.69) is 5.32 Å². The number of hydrogen-bond donors (Lipinski definition) is 2. The van der Waals surface area contributed by atoms with E-state index in [9.17, 15) is 0 Å². The molecule has 3 heteroatoms. The molecule has 0 aromatic heterocycles. The predicted octanol–water partition coefficient (Wildman–Crippen LogP) is 3.02. The zero-order valence-corrected chi connectivity index (χ0v) is 9.83. The molecule has 0 saturated heterocycles. The lowest BCUT2D eigenvalue weighted by molar-refractivity contribution is 0.415.